The third-order valence-corrected chi connectivity index (χ3v) is 5.01. The van der Waals surface area contributed by atoms with Crippen LogP contribution in [0.3, 0.4) is 0 Å². The number of nitrogens with one attached hydrogen (secondary N) is 1. The molecule has 0 aliphatic carbocycles. The summed E-state index contributed by atoms with van der Waals surface area (Å²) in [5, 5.41) is 3.58. The maximum absolute atomic E-state index is 3.58. The van der Waals surface area contributed by atoms with E-state index in [1.165, 1.54) is 58.4 Å². The van der Waals surface area contributed by atoms with Gasteiger partial charge in [0, 0.05) is 13.1 Å². The molecule has 0 spiro atoms. The fraction of sp³-hybridized carbons (Fsp3) is 1.00. The number of nitrogens with zero attached hydrogens (tertiary/aromatic N) is 1. The van der Waals surface area contributed by atoms with Crippen LogP contribution in [0, 0.1) is 16.7 Å². The predicted molar refractivity (Wildman–Crippen MR) is 78.8 cm³/mol. The Bertz CT molecular complexity index is 264. The third-order valence-electron chi connectivity index (χ3n) is 5.01. The zero-order valence-electron chi connectivity index (χ0n) is 12.9. The number of hydrogen-bond donors (Lipinski definition) is 1. The van der Waals surface area contributed by atoms with Gasteiger partial charge in [0.05, 0.1) is 0 Å². The molecule has 1 N–H and O–H groups in total. The minimum absolute atomic E-state index is 0.459. The quantitative estimate of drug-likeness (QED) is 0.830. The van der Waals surface area contributed by atoms with Crippen LogP contribution < -0.4 is 5.32 Å². The molecular weight excluding hydrogens is 220 g/mol. The summed E-state index contributed by atoms with van der Waals surface area (Å²) < 4.78 is 0. The molecule has 2 aliphatic heterocycles. The van der Waals surface area contributed by atoms with E-state index in [9.17, 15) is 0 Å². The van der Waals surface area contributed by atoms with Gasteiger partial charge in [-0.1, -0.05) is 27.7 Å². The van der Waals surface area contributed by atoms with Gasteiger partial charge in [0.15, 0.2) is 0 Å². The Hall–Kier alpha value is -0.0800. The molecule has 1 unspecified atom stereocenters. The first-order valence-corrected chi connectivity index (χ1v) is 7.82. The summed E-state index contributed by atoms with van der Waals surface area (Å²) in [5.74, 6) is 0.858. The fourth-order valence-electron chi connectivity index (χ4n) is 3.90. The Morgan fingerprint density at radius 3 is 2.67 bits per heavy atom. The van der Waals surface area contributed by atoms with Crippen molar-refractivity contribution in [2.45, 2.75) is 53.4 Å². The van der Waals surface area contributed by atoms with Crippen LogP contribution >= 0.6 is 0 Å². The molecule has 2 nitrogen and oxygen atoms in total. The molecule has 2 saturated heterocycles. The highest BCUT2D eigenvalue weighted by Crippen LogP contribution is 2.35. The van der Waals surface area contributed by atoms with Gasteiger partial charge in [-0.3, -0.25) is 0 Å². The van der Waals surface area contributed by atoms with Crippen molar-refractivity contribution in [2.24, 2.45) is 16.7 Å². The van der Waals surface area contributed by atoms with Gasteiger partial charge in [-0.2, -0.15) is 0 Å². The lowest BCUT2D eigenvalue weighted by molar-refractivity contribution is 0.0491. The van der Waals surface area contributed by atoms with E-state index in [1.807, 2.05) is 0 Å². The van der Waals surface area contributed by atoms with Crippen LogP contribution in [0.2, 0.25) is 0 Å². The first-order chi connectivity index (χ1) is 8.39. The molecule has 0 aromatic heterocycles. The first kappa shape index (κ1) is 14.3. The van der Waals surface area contributed by atoms with E-state index in [0.717, 1.165) is 5.92 Å². The minimum atomic E-state index is 0.459. The molecule has 106 valence electrons. The highest BCUT2D eigenvalue weighted by molar-refractivity contribution is 4.88. The average molecular weight is 252 g/mol. The van der Waals surface area contributed by atoms with Crippen molar-refractivity contribution in [3.63, 3.8) is 0 Å². The molecule has 2 fully saturated rings. The molecule has 0 bridgehead atoms. The molecule has 2 rings (SSSR count). The van der Waals surface area contributed by atoms with E-state index in [-0.39, 0.29) is 0 Å². The van der Waals surface area contributed by atoms with E-state index >= 15 is 0 Å². The van der Waals surface area contributed by atoms with Crippen LogP contribution in [-0.2, 0) is 0 Å². The zero-order valence-corrected chi connectivity index (χ0v) is 12.9. The number of hydrogen-bond acceptors (Lipinski definition) is 2. The second-order valence-corrected chi connectivity index (χ2v) is 8.01. The van der Waals surface area contributed by atoms with Crippen molar-refractivity contribution in [3.05, 3.63) is 0 Å². The van der Waals surface area contributed by atoms with Crippen molar-refractivity contribution < 1.29 is 0 Å². The Kier molecular flexibility index (Phi) is 4.38. The van der Waals surface area contributed by atoms with Gasteiger partial charge < -0.3 is 10.2 Å². The standard InChI is InChI=1S/C16H32N2/c1-15(2)8-6-10-18(12-15)13-16(3,4)14-7-5-9-17-11-14/h14,17H,5-13H2,1-4H3. The van der Waals surface area contributed by atoms with E-state index < -0.39 is 0 Å². The van der Waals surface area contributed by atoms with Crippen molar-refractivity contribution in [3.8, 4) is 0 Å². The average Bonchev–Trinajstić information content (AvgIpc) is 2.28. The van der Waals surface area contributed by atoms with Gasteiger partial charge in [0.2, 0.25) is 0 Å². The summed E-state index contributed by atoms with van der Waals surface area (Å²) in [4.78, 5) is 2.72. The Morgan fingerprint density at radius 1 is 1.28 bits per heavy atom. The van der Waals surface area contributed by atoms with Crippen LogP contribution in [0.4, 0.5) is 0 Å². The van der Waals surface area contributed by atoms with E-state index in [0.29, 0.717) is 10.8 Å². The highest BCUT2D eigenvalue weighted by Gasteiger charge is 2.35. The normalized spacial score (nSPS) is 30.3. The molecule has 2 aliphatic rings. The topological polar surface area (TPSA) is 15.3 Å². The van der Waals surface area contributed by atoms with Gasteiger partial charge in [0.25, 0.3) is 0 Å². The molecule has 0 amide bonds. The van der Waals surface area contributed by atoms with Crippen LogP contribution in [0.5, 0.6) is 0 Å². The van der Waals surface area contributed by atoms with Gasteiger partial charge >= 0.3 is 0 Å². The van der Waals surface area contributed by atoms with Gasteiger partial charge in [0.1, 0.15) is 0 Å². The summed E-state index contributed by atoms with van der Waals surface area (Å²) in [7, 11) is 0. The second-order valence-electron chi connectivity index (χ2n) is 8.01. The second kappa shape index (κ2) is 5.50. The Balaban J connectivity index is 1.90. The lowest BCUT2D eigenvalue weighted by Gasteiger charge is -2.45. The zero-order chi connectivity index (χ0) is 13.2. The van der Waals surface area contributed by atoms with E-state index in [1.54, 1.807) is 0 Å². The van der Waals surface area contributed by atoms with Crippen molar-refractivity contribution in [1.82, 2.24) is 10.2 Å². The third kappa shape index (κ3) is 3.71. The highest BCUT2D eigenvalue weighted by atomic mass is 15.1. The molecule has 0 saturated carbocycles. The molecule has 18 heavy (non-hydrogen) atoms. The van der Waals surface area contributed by atoms with Gasteiger partial charge in [-0.25, -0.2) is 0 Å². The SMILES string of the molecule is CC1(C)CCCN(CC(C)(C)C2CCCNC2)C1. The molecule has 2 heterocycles. The van der Waals surface area contributed by atoms with Gasteiger partial charge in [-0.05, 0) is 62.1 Å². The van der Waals surface area contributed by atoms with Crippen LogP contribution in [0.1, 0.15) is 53.4 Å². The van der Waals surface area contributed by atoms with Crippen molar-refractivity contribution in [1.29, 1.82) is 0 Å². The Labute approximate surface area is 114 Å². The fourth-order valence-corrected chi connectivity index (χ4v) is 3.90. The van der Waals surface area contributed by atoms with E-state index in [2.05, 4.69) is 37.9 Å². The summed E-state index contributed by atoms with van der Waals surface area (Å²) >= 11 is 0. The molecule has 2 heteroatoms. The number of piperidine rings is 2. The molecular formula is C16H32N2. The Morgan fingerprint density at radius 2 is 2.06 bits per heavy atom. The number of likely N-dealkylation sites (tertiary alicyclic amines) is 1. The lowest BCUT2D eigenvalue weighted by Crippen LogP contribution is -2.48. The minimum Gasteiger partial charge on any atom is -0.316 e. The van der Waals surface area contributed by atoms with Crippen molar-refractivity contribution in [2.75, 3.05) is 32.7 Å². The maximum Gasteiger partial charge on any atom is 0.00360 e. The van der Waals surface area contributed by atoms with Crippen LogP contribution in [0.25, 0.3) is 0 Å². The molecule has 0 aromatic carbocycles. The smallest absolute Gasteiger partial charge is 0.00360 e. The van der Waals surface area contributed by atoms with Crippen LogP contribution in [0.15, 0.2) is 0 Å². The number of rotatable bonds is 3. The van der Waals surface area contributed by atoms with Crippen LogP contribution in [-0.4, -0.2) is 37.6 Å². The first-order valence-electron chi connectivity index (χ1n) is 7.82. The predicted octanol–water partition coefficient (Wildman–Crippen LogP) is 3.13. The lowest BCUT2D eigenvalue weighted by atomic mass is 9.73. The maximum atomic E-state index is 3.58. The molecule has 0 radical (unpaired) electrons. The van der Waals surface area contributed by atoms with Gasteiger partial charge in [-0.15, -0.1) is 0 Å². The van der Waals surface area contributed by atoms with Crippen molar-refractivity contribution >= 4 is 0 Å². The summed E-state index contributed by atoms with van der Waals surface area (Å²) in [6.45, 7) is 16.1. The molecule has 0 aromatic rings. The monoisotopic (exact) mass is 252 g/mol. The molecule has 1 atom stereocenters. The summed E-state index contributed by atoms with van der Waals surface area (Å²) in [6.07, 6.45) is 5.55. The summed E-state index contributed by atoms with van der Waals surface area (Å²) in [5.41, 5.74) is 0.986. The largest absolute Gasteiger partial charge is 0.316 e. The summed E-state index contributed by atoms with van der Waals surface area (Å²) in [6, 6.07) is 0. The van der Waals surface area contributed by atoms with E-state index in [4.69, 9.17) is 0 Å².